The Labute approximate surface area is 150 Å². The van der Waals surface area contributed by atoms with Crippen molar-refractivity contribution in [3.63, 3.8) is 0 Å². The molecule has 5 nitrogen and oxygen atoms in total. The van der Waals surface area contributed by atoms with E-state index in [4.69, 9.17) is 4.42 Å². The van der Waals surface area contributed by atoms with Crippen LogP contribution in [0, 0.1) is 5.41 Å². The van der Waals surface area contributed by atoms with Crippen LogP contribution in [-0.4, -0.2) is 30.3 Å². The lowest BCUT2D eigenvalue weighted by atomic mass is 9.73. The first-order valence-electron chi connectivity index (χ1n) is 7.85. The summed E-state index contributed by atoms with van der Waals surface area (Å²) in [6, 6.07) is 1.92. The molecule has 1 heterocycles. The number of hydrogen-bond donors (Lipinski definition) is 3. The topological polar surface area (TPSA) is 69.8 Å². The first-order valence-corrected chi connectivity index (χ1v) is 7.85. The second-order valence-corrected chi connectivity index (χ2v) is 6.10. The highest BCUT2D eigenvalue weighted by Gasteiger charge is 2.35. The molecule has 0 radical (unpaired) electrons. The van der Waals surface area contributed by atoms with Gasteiger partial charge in [0, 0.05) is 24.1 Å². The molecule has 2 unspecified atom stereocenters. The Balaban J connectivity index is 0.00000242. The lowest BCUT2D eigenvalue weighted by Gasteiger charge is -2.38. The zero-order valence-corrected chi connectivity index (χ0v) is 15.8. The molecule has 1 aliphatic carbocycles. The van der Waals surface area contributed by atoms with E-state index in [1.807, 2.05) is 13.0 Å². The molecule has 0 aliphatic heterocycles. The van der Waals surface area contributed by atoms with E-state index < -0.39 is 0 Å². The molecule has 0 saturated heterocycles. The van der Waals surface area contributed by atoms with Gasteiger partial charge in [0.25, 0.3) is 0 Å². The molecule has 0 aromatic carbocycles. The average molecular weight is 421 g/mol. The van der Waals surface area contributed by atoms with Crippen molar-refractivity contribution in [2.24, 2.45) is 10.4 Å². The number of aliphatic hydroxyl groups is 1. The Morgan fingerprint density at radius 2 is 2.27 bits per heavy atom. The van der Waals surface area contributed by atoms with Gasteiger partial charge in [0.15, 0.2) is 5.96 Å². The molecule has 126 valence electrons. The number of aliphatic hydroxyl groups excluding tert-OH is 1. The highest BCUT2D eigenvalue weighted by Crippen LogP contribution is 2.35. The monoisotopic (exact) mass is 421 g/mol. The smallest absolute Gasteiger partial charge is 0.191 e. The van der Waals surface area contributed by atoms with Crippen LogP contribution in [-0.2, 0) is 6.54 Å². The van der Waals surface area contributed by atoms with E-state index in [1.165, 1.54) is 6.42 Å². The van der Waals surface area contributed by atoms with Gasteiger partial charge in [-0.1, -0.05) is 19.8 Å². The highest BCUT2D eigenvalue weighted by atomic mass is 127. The van der Waals surface area contributed by atoms with Crippen LogP contribution in [0.4, 0.5) is 0 Å². The van der Waals surface area contributed by atoms with Gasteiger partial charge in [-0.15, -0.1) is 24.0 Å². The predicted octanol–water partition coefficient (Wildman–Crippen LogP) is 2.89. The Morgan fingerprint density at radius 3 is 2.91 bits per heavy atom. The highest BCUT2D eigenvalue weighted by molar-refractivity contribution is 14.0. The maximum Gasteiger partial charge on any atom is 0.191 e. The fraction of sp³-hybridized carbons (Fsp3) is 0.688. The van der Waals surface area contributed by atoms with Gasteiger partial charge >= 0.3 is 0 Å². The van der Waals surface area contributed by atoms with E-state index in [-0.39, 0.29) is 35.5 Å². The van der Waals surface area contributed by atoms with E-state index in [2.05, 4.69) is 22.5 Å². The van der Waals surface area contributed by atoms with Crippen LogP contribution in [0.15, 0.2) is 28.0 Å². The SMILES string of the molecule is CCNC(=NCc1ccoc1)NCC1(C)CCCCC1O.I. The summed E-state index contributed by atoms with van der Waals surface area (Å²) in [5.74, 6) is 0.790. The largest absolute Gasteiger partial charge is 0.472 e. The molecule has 1 aromatic heterocycles. The number of halogens is 1. The van der Waals surface area contributed by atoms with Gasteiger partial charge in [0.05, 0.1) is 25.2 Å². The van der Waals surface area contributed by atoms with E-state index >= 15 is 0 Å². The van der Waals surface area contributed by atoms with Crippen molar-refractivity contribution in [2.45, 2.75) is 52.2 Å². The van der Waals surface area contributed by atoms with Gasteiger partial charge < -0.3 is 20.2 Å². The van der Waals surface area contributed by atoms with Crippen LogP contribution in [0.3, 0.4) is 0 Å². The molecule has 0 bridgehead atoms. The second-order valence-electron chi connectivity index (χ2n) is 6.10. The lowest BCUT2D eigenvalue weighted by molar-refractivity contribution is 0.00397. The number of nitrogens with zero attached hydrogens (tertiary/aromatic N) is 1. The molecule has 1 saturated carbocycles. The van der Waals surface area contributed by atoms with Gasteiger partial charge in [-0.3, -0.25) is 0 Å². The summed E-state index contributed by atoms with van der Waals surface area (Å²) in [5, 5.41) is 16.9. The number of aliphatic imine (C=N–C) groups is 1. The summed E-state index contributed by atoms with van der Waals surface area (Å²) < 4.78 is 5.05. The Hall–Kier alpha value is -0.760. The van der Waals surface area contributed by atoms with Crippen LogP contribution >= 0.6 is 24.0 Å². The minimum absolute atomic E-state index is 0. The fourth-order valence-electron chi connectivity index (χ4n) is 2.77. The maximum atomic E-state index is 10.2. The second kappa shape index (κ2) is 9.39. The molecule has 1 fully saturated rings. The van der Waals surface area contributed by atoms with Crippen molar-refractivity contribution < 1.29 is 9.52 Å². The standard InChI is InChI=1S/C16H27N3O2.HI/c1-3-17-15(18-10-13-7-9-21-11-13)19-12-16(2)8-5-4-6-14(16)20;/h7,9,11,14,20H,3-6,8,10,12H2,1-2H3,(H2,17,18,19);1H. The third kappa shape index (κ3) is 5.46. The number of guanidine groups is 1. The lowest BCUT2D eigenvalue weighted by Crippen LogP contribution is -2.48. The Morgan fingerprint density at radius 1 is 1.45 bits per heavy atom. The van der Waals surface area contributed by atoms with E-state index in [0.717, 1.165) is 43.9 Å². The Kier molecular flexibility index (Phi) is 8.24. The normalized spacial score (nSPS) is 25.4. The van der Waals surface area contributed by atoms with Crippen molar-refractivity contribution >= 4 is 29.9 Å². The number of furan rings is 1. The molecule has 1 aromatic rings. The first-order chi connectivity index (χ1) is 10.1. The molecular formula is C16H28IN3O2. The number of hydrogen-bond acceptors (Lipinski definition) is 3. The van der Waals surface area contributed by atoms with Gasteiger partial charge in [-0.25, -0.2) is 4.99 Å². The quantitative estimate of drug-likeness (QED) is 0.389. The number of nitrogens with one attached hydrogen (secondary N) is 2. The molecule has 0 amide bonds. The number of rotatable bonds is 5. The molecule has 2 rings (SSSR count). The van der Waals surface area contributed by atoms with Crippen molar-refractivity contribution in [1.29, 1.82) is 0 Å². The maximum absolute atomic E-state index is 10.2. The van der Waals surface area contributed by atoms with Crippen LogP contribution < -0.4 is 10.6 Å². The minimum atomic E-state index is -0.226. The van der Waals surface area contributed by atoms with Gasteiger partial charge in [-0.05, 0) is 25.8 Å². The van der Waals surface area contributed by atoms with Crippen LogP contribution in [0.1, 0.15) is 45.1 Å². The Bertz CT molecular complexity index is 450. The van der Waals surface area contributed by atoms with Gasteiger partial charge in [-0.2, -0.15) is 0 Å². The summed E-state index contributed by atoms with van der Waals surface area (Å²) in [4.78, 5) is 4.55. The summed E-state index contributed by atoms with van der Waals surface area (Å²) in [6.45, 7) is 6.35. The first kappa shape index (κ1) is 19.3. The molecule has 22 heavy (non-hydrogen) atoms. The predicted molar refractivity (Wildman–Crippen MR) is 99.5 cm³/mol. The van der Waals surface area contributed by atoms with Crippen LogP contribution in [0.25, 0.3) is 0 Å². The van der Waals surface area contributed by atoms with Crippen molar-refractivity contribution in [3.8, 4) is 0 Å². The third-order valence-corrected chi connectivity index (χ3v) is 4.28. The van der Waals surface area contributed by atoms with Crippen LogP contribution in [0.5, 0.6) is 0 Å². The van der Waals surface area contributed by atoms with Crippen molar-refractivity contribution in [3.05, 3.63) is 24.2 Å². The third-order valence-electron chi connectivity index (χ3n) is 4.28. The zero-order valence-electron chi connectivity index (χ0n) is 13.5. The van der Waals surface area contributed by atoms with Crippen LogP contribution in [0.2, 0.25) is 0 Å². The zero-order chi connectivity index (χ0) is 15.1. The average Bonchev–Trinajstić information content (AvgIpc) is 2.99. The fourth-order valence-corrected chi connectivity index (χ4v) is 2.77. The van der Waals surface area contributed by atoms with E-state index in [1.54, 1.807) is 12.5 Å². The van der Waals surface area contributed by atoms with Crippen molar-refractivity contribution in [1.82, 2.24) is 10.6 Å². The molecule has 0 spiro atoms. The van der Waals surface area contributed by atoms with E-state index in [9.17, 15) is 5.11 Å². The molecule has 6 heteroatoms. The molecular weight excluding hydrogens is 393 g/mol. The molecule has 2 atom stereocenters. The van der Waals surface area contributed by atoms with Crippen molar-refractivity contribution in [2.75, 3.05) is 13.1 Å². The van der Waals surface area contributed by atoms with Gasteiger partial charge in [0.2, 0.25) is 0 Å². The summed E-state index contributed by atoms with van der Waals surface area (Å²) in [5.41, 5.74) is 0.987. The minimum Gasteiger partial charge on any atom is -0.472 e. The summed E-state index contributed by atoms with van der Waals surface area (Å²) in [7, 11) is 0. The molecule has 1 aliphatic rings. The summed E-state index contributed by atoms with van der Waals surface area (Å²) in [6.07, 6.45) is 7.42. The summed E-state index contributed by atoms with van der Waals surface area (Å²) >= 11 is 0. The van der Waals surface area contributed by atoms with E-state index in [0.29, 0.717) is 6.54 Å². The van der Waals surface area contributed by atoms with Gasteiger partial charge in [0.1, 0.15) is 0 Å². The molecule has 3 N–H and O–H groups in total.